The Balaban J connectivity index is 1.75. The number of piperidine rings is 1. The van der Waals surface area contributed by atoms with E-state index < -0.39 is 0 Å². The molecule has 2 heterocycles. The number of likely N-dealkylation sites (tertiary alicyclic amines) is 1. The van der Waals surface area contributed by atoms with Crippen molar-refractivity contribution in [3.63, 3.8) is 0 Å². The van der Waals surface area contributed by atoms with Crippen LogP contribution in [-0.4, -0.2) is 80.4 Å². The number of nitrogens with zero attached hydrogens (tertiary/aromatic N) is 3. The Morgan fingerprint density at radius 2 is 1.84 bits per heavy atom. The predicted molar refractivity (Wildman–Crippen MR) is 104 cm³/mol. The van der Waals surface area contributed by atoms with Crippen LogP contribution in [0, 0.1) is 0 Å². The number of aliphatic hydroxyl groups excluding tert-OH is 1. The van der Waals surface area contributed by atoms with E-state index >= 15 is 0 Å². The van der Waals surface area contributed by atoms with Crippen molar-refractivity contribution in [3.05, 3.63) is 29.8 Å². The van der Waals surface area contributed by atoms with E-state index in [2.05, 4.69) is 65.3 Å². The summed E-state index contributed by atoms with van der Waals surface area (Å²) in [6, 6.07) is 10.0. The van der Waals surface area contributed by atoms with Gasteiger partial charge in [0.1, 0.15) is 0 Å². The monoisotopic (exact) mass is 346 g/mol. The number of anilines is 1. The number of aliphatic hydroxyl groups is 1. The Labute approximate surface area is 152 Å². The summed E-state index contributed by atoms with van der Waals surface area (Å²) in [4.78, 5) is 7.32. The molecule has 1 aromatic rings. The Bertz CT molecular complexity index is 525. The zero-order valence-corrected chi connectivity index (χ0v) is 16.0. The molecule has 0 saturated carbocycles. The lowest BCUT2D eigenvalue weighted by molar-refractivity contribution is 0.0553. The van der Waals surface area contributed by atoms with Crippen molar-refractivity contribution < 1.29 is 5.11 Å². The van der Waals surface area contributed by atoms with Gasteiger partial charge in [0, 0.05) is 71.1 Å². The van der Waals surface area contributed by atoms with Crippen molar-refractivity contribution in [1.82, 2.24) is 15.1 Å². The summed E-state index contributed by atoms with van der Waals surface area (Å²) in [7, 11) is 4.17. The lowest BCUT2D eigenvalue weighted by Crippen LogP contribution is -2.52. The van der Waals surface area contributed by atoms with Crippen molar-refractivity contribution in [1.29, 1.82) is 0 Å². The average molecular weight is 347 g/mol. The van der Waals surface area contributed by atoms with E-state index in [1.54, 1.807) is 0 Å². The van der Waals surface area contributed by atoms with Gasteiger partial charge < -0.3 is 20.2 Å². The second kappa shape index (κ2) is 8.49. The molecule has 0 radical (unpaired) electrons. The largest absolute Gasteiger partial charge is 0.393 e. The molecule has 0 aromatic heterocycles. The smallest absolute Gasteiger partial charge is 0.0564 e. The molecule has 2 aliphatic heterocycles. The molecule has 5 nitrogen and oxygen atoms in total. The van der Waals surface area contributed by atoms with Crippen LogP contribution in [0.25, 0.3) is 0 Å². The van der Waals surface area contributed by atoms with E-state index in [1.165, 1.54) is 11.3 Å². The molecule has 1 aromatic carbocycles. The van der Waals surface area contributed by atoms with Crippen molar-refractivity contribution in [2.75, 3.05) is 58.3 Å². The summed E-state index contributed by atoms with van der Waals surface area (Å²) in [5.41, 5.74) is 2.66. The molecule has 2 aliphatic rings. The molecule has 2 atom stereocenters. The van der Waals surface area contributed by atoms with Gasteiger partial charge in [-0.1, -0.05) is 12.1 Å². The molecule has 2 saturated heterocycles. The van der Waals surface area contributed by atoms with Gasteiger partial charge in [-0.2, -0.15) is 0 Å². The topological polar surface area (TPSA) is 42.0 Å². The minimum atomic E-state index is -0.103. The van der Waals surface area contributed by atoms with Crippen LogP contribution >= 0.6 is 0 Å². The molecule has 2 unspecified atom stereocenters. The van der Waals surface area contributed by atoms with Gasteiger partial charge in [-0.3, -0.25) is 4.90 Å². The predicted octanol–water partition coefficient (Wildman–Crippen LogP) is 1.54. The summed E-state index contributed by atoms with van der Waals surface area (Å²) in [5.74, 6) is 0. The summed E-state index contributed by atoms with van der Waals surface area (Å²) in [6.07, 6.45) is 1.71. The van der Waals surface area contributed by atoms with Crippen LogP contribution in [0.5, 0.6) is 0 Å². The SMILES string of the molecule is CC1CN(C(CN2CCC(O)CC2)c2ccc(N(C)C)cc2)CCN1. The third kappa shape index (κ3) is 4.94. The molecule has 2 fully saturated rings. The highest BCUT2D eigenvalue weighted by molar-refractivity contribution is 5.46. The molecule has 140 valence electrons. The number of rotatable bonds is 5. The van der Waals surface area contributed by atoms with Crippen LogP contribution in [0.3, 0.4) is 0 Å². The van der Waals surface area contributed by atoms with Crippen LogP contribution in [0.1, 0.15) is 31.4 Å². The van der Waals surface area contributed by atoms with E-state index in [4.69, 9.17) is 0 Å². The highest BCUT2D eigenvalue weighted by Gasteiger charge is 2.28. The molecule has 25 heavy (non-hydrogen) atoms. The fourth-order valence-corrected chi connectivity index (χ4v) is 4.02. The van der Waals surface area contributed by atoms with Crippen LogP contribution in [0.2, 0.25) is 0 Å². The Kier molecular flexibility index (Phi) is 6.34. The Morgan fingerprint density at radius 3 is 2.44 bits per heavy atom. The fraction of sp³-hybridized carbons (Fsp3) is 0.700. The molecule has 0 spiro atoms. The van der Waals surface area contributed by atoms with Crippen molar-refractivity contribution in [3.8, 4) is 0 Å². The van der Waals surface area contributed by atoms with Gasteiger partial charge in [-0.25, -0.2) is 0 Å². The number of hydrogen-bond donors (Lipinski definition) is 2. The Hall–Kier alpha value is -1.14. The minimum absolute atomic E-state index is 0.103. The van der Waals surface area contributed by atoms with Gasteiger partial charge in [0.25, 0.3) is 0 Å². The maximum atomic E-state index is 9.79. The standard InChI is InChI=1S/C20H34N4O/c1-16-14-24(13-10-21-16)20(15-23-11-8-19(25)9-12-23)17-4-6-18(7-5-17)22(2)3/h4-7,16,19-21,25H,8-15H2,1-3H3. The van der Waals surface area contributed by atoms with E-state index in [-0.39, 0.29) is 6.10 Å². The van der Waals surface area contributed by atoms with Gasteiger partial charge >= 0.3 is 0 Å². The first kappa shape index (κ1) is 18.6. The van der Waals surface area contributed by atoms with Crippen molar-refractivity contribution in [2.45, 2.75) is 38.0 Å². The van der Waals surface area contributed by atoms with Crippen LogP contribution in [-0.2, 0) is 0 Å². The third-order valence-corrected chi connectivity index (χ3v) is 5.62. The zero-order chi connectivity index (χ0) is 17.8. The first-order valence-corrected chi connectivity index (χ1v) is 9.68. The lowest BCUT2D eigenvalue weighted by Gasteiger charge is -2.41. The number of benzene rings is 1. The summed E-state index contributed by atoms with van der Waals surface area (Å²) in [5, 5.41) is 13.4. The van der Waals surface area contributed by atoms with E-state index in [0.29, 0.717) is 12.1 Å². The highest BCUT2D eigenvalue weighted by atomic mass is 16.3. The molecule has 5 heteroatoms. The van der Waals surface area contributed by atoms with Crippen molar-refractivity contribution >= 4 is 5.69 Å². The van der Waals surface area contributed by atoms with Gasteiger partial charge in [-0.05, 0) is 37.5 Å². The number of nitrogens with one attached hydrogen (secondary N) is 1. The highest BCUT2D eigenvalue weighted by Crippen LogP contribution is 2.26. The molecular weight excluding hydrogens is 312 g/mol. The molecule has 2 N–H and O–H groups in total. The second-order valence-electron chi connectivity index (χ2n) is 7.88. The van der Waals surface area contributed by atoms with Crippen LogP contribution < -0.4 is 10.2 Å². The minimum Gasteiger partial charge on any atom is -0.393 e. The van der Waals surface area contributed by atoms with Gasteiger partial charge in [0.2, 0.25) is 0 Å². The van der Waals surface area contributed by atoms with Gasteiger partial charge in [0.05, 0.1) is 6.10 Å². The summed E-state index contributed by atoms with van der Waals surface area (Å²) < 4.78 is 0. The molecule has 3 rings (SSSR count). The Morgan fingerprint density at radius 1 is 1.16 bits per heavy atom. The molecule has 0 bridgehead atoms. The maximum absolute atomic E-state index is 9.79. The summed E-state index contributed by atoms with van der Waals surface area (Å²) >= 11 is 0. The zero-order valence-electron chi connectivity index (χ0n) is 16.0. The number of hydrogen-bond acceptors (Lipinski definition) is 5. The normalized spacial score (nSPS) is 25.0. The van der Waals surface area contributed by atoms with E-state index in [1.807, 2.05) is 0 Å². The number of piperazine rings is 1. The van der Waals surface area contributed by atoms with Crippen LogP contribution in [0.15, 0.2) is 24.3 Å². The van der Waals surface area contributed by atoms with E-state index in [0.717, 1.165) is 52.1 Å². The van der Waals surface area contributed by atoms with Gasteiger partial charge in [0.15, 0.2) is 0 Å². The quantitative estimate of drug-likeness (QED) is 0.847. The van der Waals surface area contributed by atoms with Gasteiger partial charge in [-0.15, -0.1) is 0 Å². The van der Waals surface area contributed by atoms with E-state index in [9.17, 15) is 5.11 Å². The first-order valence-electron chi connectivity index (χ1n) is 9.68. The van der Waals surface area contributed by atoms with Crippen LogP contribution in [0.4, 0.5) is 5.69 Å². The average Bonchev–Trinajstić information content (AvgIpc) is 2.61. The molecule has 0 aliphatic carbocycles. The lowest BCUT2D eigenvalue weighted by atomic mass is 10.00. The fourth-order valence-electron chi connectivity index (χ4n) is 4.02. The summed E-state index contributed by atoms with van der Waals surface area (Å²) in [6.45, 7) is 8.60. The first-order chi connectivity index (χ1) is 12.0. The maximum Gasteiger partial charge on any atom is 0.0564 e. The third-order valence-electron chi connectivity index (χ3n) is 5.62. The molecular formula is C20H34N4O. The molecule has 0 amide bonds. The van der Waals surface area contributed by atoms with Crippen molar-refractivity contribution in [2.24, 2.45) is 0 Å². The second-order valence-corrected chi connectivity index (χ2v) is 7.88.